The van der Waals surface area contributed by atoms with Crippen molar-refractivity contribution in [3.63, 3.8) is 0 Å². The molecule has 0 bridgehead atoms. The summed E-state index contributed by atoms with van der Waals surface area (Å²) in [5.41, 5.74) is 2.29. The van der Waals surface area contributed by atoms with Gasteiger partial charge in [0.1, 0.15) is 5.60 Å². The molecule has 11 heteroatoms. The Balaban J connectivity index is 1.75. The molecule has 1 fully saturated rings. The predicted molar refractivity (Wildman–Crippen MR) is 155 cm³/mol. The van der Waals surface area contributed by atoms with E-state index in [1.165, 1.54) is 0 Å². The molecule has 1 unspecified atom stereocenters. The number of fused-ring (bicyclic) bond motifs is 1. The number of benzene rings is 1. The maximum atomic E-state index is 13.7. The number of anilines is 1. The van der Waals surface area contributed by atoms with Gasteiger partial charge in [0, 0.05) is 30.1 Å². The van der Waals surface area contributed by atoms with Gasteiger partial charge in [-0.05, 0) is 84.6 Å². The number of nitrogens with zero attached hydrogens (tertiary/aromatic N) is 4. The minimum atomic E-state index is -0.598. The van der Waals surface area contributed by atoms with Gasteiger partial charge in [-0.3, -0.25) is 4.79 Å². The zero-order valence-corrected chi connectivity index (χ0v) is 24.6. The van der Waals surface area contributed by atoms with Crippen molar-refractivity contribution in [3.8, 4) is 0 Å². The Morgan fingerprint density at radius 2 is 2.00 bits per heavy atom. The summed E-state index contributed by atoms with van der Waals surface area (Å²) in [7, 11) is -0.422. The smallest absolute Gasteiger partial charge is 0.410 e. The lowest BCUT2D eigenvalue weighted by molar-refractivity contribution is -0.115. The number of imidazole rings is 1. The number of nitrogens with one attached hydrogen (secondary N) is 1. The van der Waals surface area contributed by atoms with E-state index in [4.69, 9.17) is 27.2 Å². The van der Waals surface area contributed by atoms with Crippen LogP contribution >= 0.6 is 19.5 Å². The van der Waals surface area contributed by atoms with Gasteiger partial charge >= 0.3 is 6.09 Å². The highest BCUT2D eigenvalue weighted by molar-refractivity contribution is 7.60. The zero-order valence-electron chi connectivity index (χ0n) is 23.0. The number of carbonyl (C=O) groups is 2. The molecular formula is C27H38ClN6O3P. The number of hydrogen-bond donors (Lipinski definition) is 2. The maximum absolute atomic E-state index is 13.7. The molecule has 4 rings (SSSR count). The largest absolute Gasteiger partial charge is 0.444 e. The molecule has 1 aromatic carbocycles. The molecule has 0 spiro atoms. The van der Waals surface area contributed by atoms with Crippen molar-refractivity contribution in [1.29, 1.82) is 0 Å². The molecule has 0 saturated carbocycles. The number of carbonyl (C=O) groups excluding carboxylic acids is 2. The lowest BCUT2D eigenvalue weighted by atomic mass is 10.1. The lowest BCUT2D eigenvalue weighted by Crippen LogP contribution is -2.43. The van der Waals surface area contributed by atoms with Crippen molar-refractivity contribution in [2.45, 2.75) is 64.6 Å². The van der Waals surface area contributed by atoms with Crippen molar-refractivity contribution in [3.05, 3.63) is 46.4 Å². The molecule has 3 heterocycles. The molecular weight excluding hydrogens is 523 g/mol. The van der Waals surface area contributed by atoms with E-state index in [0.29, 0.717) is 40.7 Å². The van der Waals surface area contributed by atoms with Crippen molar-refractivity contribution in [1.82, 2.24) is 19.8 Å². The van der Waals surface area contributed by atoms with Crippen molar-refractivity contribution in [2.75, 3.05) is 31.4 Å². The molecule has 2 aliphatic heterocycles. The van der Waals surface area contributed by atoms with Gasteiger partial charge in [-0.15, -0.1) is 0 Å². The average Bonchev–Trinajstić information content (AvgIpc) is 3.06. The van der Waals surface area contributed by atoms with Gasteiger partial charge in [0.15, 0.2) is 0 Å². The fourth-order valence-corrected chi connectivity index (χ4v) is 5.95. The third kappa shape index (κ3) is 6.16. The molecule has 38 heavy (non-hydrogen) atoms. The molecule has 9 nitrogen and oxygen atoms in total. The highest BCUT2D eigenvalue weighted by atomic mass is 35.5. The highest BCUT2D eigenvalue weighted by Gasteiger charge is 2.32. The van der Waals surface area contributed by atoms with Crippen LogP contribution in [0.15, 0.2) is 41.4 Å². The third-order valence-corrected chi connectivity index (χ3v) is 8.09. The molecule has 2 aliphatic rings. The summed E-state index contributed by atoms with van der Waals surface area (Å²) in [6, 6.07) is 5.28. The molecule has 3 N–H and O–H groups in total. The van der Waals surface area contributed by atoms with Gasteiger partial charge in [-0.25, -0.2) is 20.6 Å². The molecule has 1 saturated heterocycles. The summed E-state index contributed by atoms with van der Waals surface area (Å²) in [6.07, 6.45) is 5.91. The summed E-state index contributed by atoms with van der Waals surface area (Å²) < 4.78 is 7.60. The topological polar surface area (TPSA) is 106 Å². The van der Waals surface area contributed by atoms with E-state index in [0.717, 1.165) is 29.7 Å². The minimum absolute atomic E-state index is 0.00440. The molecule has 0 radical (unpaired) electrons. The SMILES string of the molecule is CC1C=C(C(=O)N(N)c2nc3cccc(Cl)c3n2[C@@H]2CCCCN(C(=O)OC(C)(C)C)C2)C=C(P(C)C)N1. The normalized spacial score (nSPS) is 20.5. The van der Waals surface area contributed by atoms with Crippen molar-refractivity contribution < 1.29 is 14.3 Å². The Morgan fingerprint density at radius 3 is 2.68 bits per heavy atom. The molecule has 1 aromatic heterocycles. The summed E-state index contributed by atoms with van der Waals surface area (Å²) >= 11 is 6.69. The zero-order chi connectivity index (χ0) is 27.8. The quantitative estimate of drug-likeness (QED) is 0.226. The van der Waals surface area contributed by atoms with Gasteiger partial charge in [0.2, 0.25) is 5.95 Å². The van der Waals surface area contributed by atoms with E-state index in [1.807, 2.05) is 56.5 Å². The number of hydrogen-bond acceptors (Lipinski definition) is 6. The number of likely N-dealkylation sites (tertiary alicyclic amines) is 1. The molecule has 2 atom stereocenters. The van der Waals surface area contributed by atoms with Crippen LogP contribution in [-0.4, -0.2) is 64.5 Å². The van der Waals surface area contributed by atoms with Crippen LogP contribution in [0.3, 0.4) is 0 Å². The van der Waals surface area contributed by atoms with Gasteiger partial charge in [-0.2, -0.15) is 0 Å². The second-order valence-electron chi connectivity index (χ2n) is 11.1. The van der Waals surface area contributed by atoms with Crippen LogP contribution < -0.4 is 16.2 Å². The Labute approximate surface area is 230 Å². The summed E-state index contributed by atoms with van der Waals surface area (Å²) in [6.45, 7) is 12.8. The van der Waals surface area contributed by atoms with E-state index in [9.17, 15) is 9.59 Å². The Morgan fingerprint density at radius 1 is 1.26 bits per heavy atom. The highest BCUT2D eigenvalue weighted by Crippen LogP contribution is 2.38. The van der Waals surface area contributed by atoms with Crippen LogP contribution in [0.4, 0.5) is 10.7 Å². The van der Waals surface area contributed by atoms with Gasteiger partial charge in [0.05, 0.1) is 22.1 Å². The number of ether oxygens (including phenoxy) is 1. The number of para-hydroxylation sites is 1. The van der Waals surface area contributed by atoms with E-state index in [1.54, 1.807) is 11.0 Å². The first-order valence-electron chi connectivity index (χ1n) is 13.0. The van der Waals surface area contributed by atoms with Gasteiger partial charge in [0.25, 0.3) is 5.91 Å². The summed E-state index contributed by atoms with van der Waals surface area (Å²) in [4.78, 5) is 33.2. The van der Waals surface area contributed by atoms with Crippen LogP contribution in [0.2, 0.25) is 5.02 Å². The number of amides is 2. The van der Waals surface area contributed by atoms with E-state index >= 15 is 0 Å². The first-order valence-corrected chi connectivity index (χ1v) is 15.6. The van der Waals surface area contributed by atoms with E-state index in [-0.39, 0.29) is 24.1 Å². The first kappa shape index (κ1) is 28.4. The molecule has 2 aromatic rings. The minimum Gasteiger partial charge on any atom is -0.444 e. The maximum Gasteiger partial charge on any atom is 0.410 e. The first-order chi connectivity index (χ1) is 17.9. The number of aromatic nitrogens is 2. The Hall–Kier alpha value is -2.61. The van der Waals surface area contributed by atoms with Crippen LogP contribution in [-0.2, 0) is 9.53 Å². The second kappa shape index (κ2) is 11.2. The number of dihydropyridines is 1. The number of nitrogens with two attached hydrogens (primary N) is 1. The fraction of sp³-hybridized carbons (Fsp3) is 0.519. The number of hydrazine groups is 1. The van der Waals surface area contributed by atoms with Crippen LogP contribution in [0.25, 0.3) is 11.0 Å². The van der Waals surface area contributed by atoms with Crippen LogP contribution in [0, 0.1) is 0 Å². The third-order valence-electron chi connectivity index (χ3n) is 6.57. The van der Waals surface area contributed by atoms with Crippen LogP contribution in [0.5, 0.6) is 0 Å². The predicted octanol–water partition coefficient (Wildman–Crippen LogP) is 5.36. The molecule has 206 valence electrons. The second-order valence-corrected chi connectivity index (χ2v) is 13.8. The fourth-order valence-electron chi connectivity index (χ4n) is 4.84. The molecule has 0 aliphatic carbocycles. The van der Waals surface area contributed by atoms with Gasteiger partial charge in [-0.1, -0.05) is 25.6 Å². The Kier molecular flexibility index (Phi) is 8.40. The standard InChI is InChI=1S/C27H38ClN6O3P/c1-17-14-18(15-22(30-17)38(5)6)24(35)34(29)25-31-21-12-9-11-20(28)23(21)33(25)19-10-7-8-13-32(16-19)26(36)37-27(2,3)4/h9,11-12,14-15,17,19,30H,7-8,10,13,16,29H2,1-6H3/t17?,19-/m1/s1. The number of halogens is 1. The van der Waals surface area contributed by atoms with Gasteiger partial charge < -0.3 is 19.5 Å². The lowest BCUT2D eigenvalue weighted by Gasteiger charge is -2.30. The Bertz CT molecular complexity index is 1280. The van der Waals surface area contributed by atoms with Crippen molar-refractivity contribution in [2.24, 2.45) is 5.84 Å². The summed E-state index contributed by atoms with van der Waals surface area (Å²) in [5.74, 6) is 6.49. The monoisotopic (exact) mass is 560 g/mol. The van der Waals surface area contributed by atoms with E-state index < -0.39 is 13.5 Å². The molecule has 2 amide bonds. The van der Waals surface area contributed by atoms with E-state index in [2.05, 4.69) is 18.6 Å². The summed E-state index contributed by atoms with van der Waals surface area (Å²) in [5, 5.41) is 5.05. The van der Waals surface area contributed by atoms with Crippen LogP contribution in [0.1, 0.15) is 53.0 Å². The number of rotatable bonds is 4. The average molecular weight is 561 g/mol. The van der Waals surface area contributed by atoms with Crippen molar-refractivity contribution >= 4 is 48.5 Å².